The monoisotopic (exact) mass is 268 g/mol. The Bertz CT molecular complexity index is 468. The van der Waals surface area contributed by atoms with Crippen LogP contribution in [0.1, 0.15) is 28.2 Å². The number of nitrogens with zero attached hydrogens (tertiary/aromatic N) is 1. The van der Waals surface area contributed by atoms with Gasteiger partial charge in [0.1, 0.15) is 4.88 Å². The highest BCUT2D eigenvalue weighted by Crippen LogP contribution is 2.28. The summed E-state index contributed by atoms with van der Waals surface area (Å²) in [4.78, 5) is 27.6. The van der Waals surface area contributed by atoms with Crippen LogP contribution in [-0.2, 0) is 4.79 Å². The van der Waals surface area contributed by atoms with Gasteiger partial charge in [-0.15, -0.1) is 0 Å². The van der Waals surface area contributed by atoms with Gasteiger partial charge in [0, 0.05) is 19.0 Å². The number of carbonyl (C=O) groups excluding carboxylic acids is 2. The second kappa shape index (κ2) is 5.34. The molecule has 0 atom stereocenters. The van der Waals surface area contributed by atoms with E-state index in [0.717, 1.165) is 12.8 Å². The quantitative estimate of drug-likeness (QED) is 0.669. The van der Waals surface area contributed by atoms with Gasteiger partial charge in [0.25, 0.3) is 5.91 Å². The summed E-state index contributed by atoms with van der Waals surface area (Å²) in [7, 11) is 0. The first kappa shape index (κ1) is 12.8. The van der Waals surface area contributed by atoms with Crippen molar-refractivity contribution in [1.82, 2.24) is 15.6 Å². The second-order valence-electron chi connectivity index (χ2n) is 4.29. The fourth-order valence-electron chi connectivity index (χ4n) is 1.56. The Balaban J connectivity index is 1.71. The highest BCUT2D eigenvalue weighted by atomic mass is 32.1. The summed E-state index contributed by atoms with van der Waals surface area (Å²) >= 11 is 1.17. The summed E-state index contributed by atoms with van der Waals surface area (Å²) in [5.74, 6) is 0.0917. The van der Waals surface area contributed by atoms with E-state index in [1.54, 1.807) is 6.92 Å². The summed E-state index contributed by atoms with van der Waals surface area (Å²) in [6.45, 7) is 2.61. The molecule has 1 heterocycles. The van der Waals surface area contributed by atoms with E-state index in [2.05, 4.69) is 15.6 Å². The fraction of sp³-hybridized carbons (Fsp3) is 0.545. The molecule has 0 unspecified atom stereocenters. The standard InChI is InChI=1S/C11H16N4O2S/c1-6-8(18-11(12)15-6)10(17)14-5-4-13-9(16)7-2-3-7/h7H,2-5H2,1H3,(H2,12,15)(H,13,16)(H,14,17). The van der Waals surface area contributed by atoms with Gasteiger partial charge < -0.3 is 16.4 Å². The Hall–Kier alpha value is -1.63. The number of nitrogen functional groups attached to an aromatic ring is 1. The minimum absolute atomic E-state index is 0.0856. The van der Waals surface area contributed by atoms with Crippen molar-refractivity contribution in [2.45, 2.75) is 19.8 Å². The molecule has 6 nitrogen and oxygen atoms in total. The van der Waals surface area contributed by atoms with Crippen molar-refractivity contribution in [1.29, 1.82) is 0 Å². The molecule has 1 aromatic rings. The zero-order chi connectivity index (χ0) is 13.1. The minimum atomic E-state index is -0.192. The Morgan fingerprint density at radius 1 is 1.39 bits per heavy atom. The predicted octanol–water partition coefficient (Wildman–Crippen LogP) is 0.290. The molecule has 0 bridgehead atoms. The number of amides is 2. The minimum Gasteiger partial charge on any atom is -0.375 e. The van der Waals surface area contributed by atoms with Crippen LogP contribution >= 0.6 is 11.3 Å². The van der Waals surface area contributed by atoms with Gasteiger partial charge in [-0.25, -0.2) is 4.98 Å². The van der Waals surface area contributed by atoms with Crippen LogP contribution in [0.5, 0.6) is 0 Å². The van der Waals surface area contributed by atoms with Crippen molar-refractivity contribution in [3.05, 3.63) is 10.6 Å². The van der Waals surface area contributed by atoms with Gasteiger partial charge in [-0.3, -0.25) is 9.59 Å². The van der Waals surface area contributed by atoms with Gasteiger partial charge >= 0.3 is 0 Å². The van der Waals surface area contributed by atoms with Crippen molar-refractivity contribution in [3.63, 3.8) is 0 Å². The first-order valence-electron chi connectivity index (χ1n) is 5.86. The third-order valence-corrected chi connectivity index (χ3v) is 3.66. The lowest BCUT2D eigenvalue weighted by molar-refractivity contribution is -0.122. The van der Waals surface area contributed by atoms with Gasteiger partial charge in [-0.2, -0.15) is 0 Å². The number of hydrogen-bond donors (Lipinski definition) is 3. The number of nitrogens with two attached hydrogens (primary N) is 1. The number of nitrogens with one attached hydrogen (secondary N) is 2. The number of anilines is 1. The van der Waals surface area contributed by atoms with Crippen LogP contribution in [-0.4, -0.2) is 29.9 Å². The molecule has 2 rings (SSSR count). The predicted molar refractivity (Wildman–Crippen MR) is 69.3 cm³/mol. The van der Waals surface area contributed by atoms with E-state index in [9.17, 15) is 9.59 Å². The Morgan fingerprint density at radius 2 is 2.06 bits per heavy atom. The zero-order valence-corrected chi connectivity index (χ0v) is 11.0. The molecule has 0 saturated heterocycles. The largest absolute Gasteiger partial charge is 0.375 e. The molecule has 98 valence electrons. The third-order valence-electron chi connectivity index (χ3n) is 2.68. The maximum atomic E-state index is 11.8. The van der Waals surface area contributed by atoms with E-state index in [1.807, 2.05) is 0 Å². The van der Waals surface area contributed by atoms with Gasteiger partial charge in [-0.05, 0) is 19.8 Å². The number of carbonyl (C=O) groups is 2. The number of aryl methyl sites for hydroxylation is 1. The van der Waals surface area contributed by atoms with Crippen LogP contribution in [0.3, 0.4) is 0 Å². The highest BCUT2D eigenvalue weighted by molar-refractivity contribution is 7.17. The van der Waals surface area contributed by atoms with Crippen molar-refractivity contribution in [2.75, 3.05) is 18.8 Å². The van der Waals surface area contributed by atoms with Gasteiger partial charge in [-0.1, -0.05) is 11.3 Å². The second-order valence-corrected chi connectivity index (χ2v) is 5.32. The molecule has 0 spiro atoms. The van der Waals surface area contributed by atoms with Crippen LogP contribution in [0.25, 0.3) is 0 Å². The van der Waals surface area contributed by atoms with Crippen molar-refractivity contribution in [3.8, 4) is 0 Å². The molecule has 2 amide bonds. The van der Waals surface area contributed by atoms with E-state index in [-0.39, 0.29) is 17.7 Å². The smallest absolute Gasteiger partial charge is 0.263 e. The highest BCUT2D eigenvalue weighted by Gasteiger charge is 2.29. The molecule has 4 N–H and O–H groups in total. The first-order valence-corrected chi connectivity index (χ1v) is 6.68. The topological polar surface area (TPSA) is 97.1 Å². The summed E-state index contributed by atoms with van der Waals surface area (Å²) in [6.07, 6.45) is 1.97. The average molecular weight is 268 g/mol. The van der Waals surface area contributed by atoms with Gasteiger partial charge in [0.2, 0.25) is 5.91 Å². The lowest BCUT2D eigenvalue weighted by Crippen LogP contribution is -2.35. The van der Waals surface area contributed by atoms with E-state index in [0.29, 0.717) is 28.8 Å². The Morgan fingerprint density at radius 3 is 2.61 bits per heavy atom. The molecule has 1 aromatic heterocycles. The molecular formula is C11H16N4O2S. The maximum Gasteiger partial charge on any atom is 0.263 e. The fourth-order valence-corrected chi connectivity index (χ4v) is 2.31. The van der Waals surface area contributed by atoms with Gasteiger partial charge in [0.05, 0.1) is 5.69 Å². The molecule has 1 aliphatic carbocycles. The van der Waals surface area contributed by atoms with Crippen LogP contribution in [0.4, 0.5) is 5.13 Å². The number of aromatic nitrogens is 1. The van der Waals surface area contributed by atoms with E-state index in [4.69, 9.17) is 5.73 Å². The summed E-state index contributed by atoms with van der Waals surface area (Å²) in [5, 5.41) is 5.90. The lowest BCUT2D eigenvalue weighted by atomic mass is 10.3. The summed E-state index contributed by atoms with van der Waals surface area (Å²) < 4.78 is 0. The van der Waals surface area contributed by atoms with E-state index < -0.39 is 0 Å². The van der Waals surface area contributed by atoms with Crippen molar-refractivity contribution in [2.24, 2.45) is 5.92 Å². The average Bonchev–Trinajstić information content (AvgIpc) is 3.10. The molecule has 0 aromatic carbocycles. The molecule has 18 heavy (non-hydrogen) atoms. The lowest BCUT2D eigenvalue weighted by Gasteiger charge is -2.05. The number of thiazole rings is 1. The number of rotatable bonds is 5. The maximum absolute atomic E-state index is 11.8. The molecule has 1 fully saturated rings. The van der Waals surface area contributed by atoms with Crippen LogP contribution < -0.4 is 16.4 Å². The van der Waals surface area contributed by atoms with Crippen LogP contribution in [0, 0.1) is 12.8 Å². The SMILES string of the molecule is Cc1nc(N)sc1C(=O)NCCNC(=O)C1CC1. The Kier molecular flexibility index (Phi) is 3.81. The molecule has 7 heteroatoms. The van der Waals surface area contributed by atoms with Gasteiger partial charge in [0.15, 0.2) is 5.13 Å². The van der Waals surface area contributed by atoms with Crippen LogP contribution in [0.2, 0.25) is 0 Å². The molecular weight excluding hydrogens is 252 g/mol. The van der Waals surface area contributed by atoms with Crippen molar-refractivity contribution < 1.29 is 9.59 Å². The molecule has 0 aliphatic heterocycles. The number of hydrogen-bond acceptors (Lipinski definition) is 5. The van der Waals surface area contributed by atoms with Crippen molar-refractivity contribution >= 4 is 28.3 Å². The molecule has 0 radical (unpaired) electrons. The van der Waals surface area contributed by atoms with E-state index >= 15 is 0 Å². The van der Waals surface area contributed by atoms with Crippen LogP contribution in [0.15, 0.2) is 0 Å². The zero-order valence-electron chi connectivity index (χ0n) is 10.2. The third kappa shape index (κ3) is 3.19. The Labute approximate surface area is 109 Å². The normalized spacial score (nSPS) is 14.3. The summed E-state index contributed by atoms with van der Waals surface area (Å²) in [6, 6.07) is 0. The first-order chi connectivity index (χ1) is 8.58. The molecule has 1 saturated carbocycles. The summed E-state index contributed by atoms with van der Waals surface area (Å²) in [5.41, 5.74) is 6.16. The van der Waals surface area contributed by atoms with E-state index in [1.165, 1.54) is 11.3 Å². The molecule has 1 aliphatic rings.